The van der Waals surface area contributed by atoms with Crippen LogP contribution in [0.2, 0.25) is 0 Å². The topological polar surface area (TPSA) is 60.3 Å². The molecular formula is C20H20N2O3. The van der Waals surface area contributed by atoms with Gasteiger partial charge in [-0.15, -0.1) is 0 Å². The third-order valence-corrected chi connectivity index (χ3v) is 4.35. The predicted octanol–water partition coefficient (Wildman–Crippen LogP) is 3.72. The third kappa shape index (κ3) is 3.40. The minimum absolute atomic E-state index is 0.129. The maximum atomic E-state index is 12.4. The molecule has 0 atom stereocenters. The fraction of sp³-hybridized carbons (Fsp3) is 0.200. The average molecular weight is 336 g/mol. The first-order chi connectivity index (χ1) is 12.0. The van der Waals surface area contributed by atoms with E-state index in [9.17, 15) is 9.59 Å². The molecule has 0 unspecified atom stereocenters. The van der Waals surface area contributed by atoms with E-state index in [0.29, 0.717) is 11.3 Å². The highest BCUT2D eigenvalue weighted by Crippen LogP contribution is 2.25. The zero-order valence-electron chi connectivity index (χ0n) is 14.5. The van der Waals surface area contributed by atoms with Crippen LogP contribution in [0.1, 0.15) is 21.5 Å². The maximum absolute atomic E-state index is 12.4. The molecule has 128 valence electrons. The van der Waals surface area contributed by atoms with Crippen LogP contribution < -0.4 is 10.1 Å². The number of carbonyl (C=O) groups is 2. The fourth-order valence-corrected chi connectivity index (χ4v) is 2.83. The Kier molecular flexibility index (Phi) is 4.57. The Hall–Kier alpha value is -3.08. The summed E-state index contributed by atoms with van der Waals surface area (Å²) in [7, 11) is 1.58. The van der Waals surface area contributed by atoms with Crippen LogP contribution in [0.15, 0.2) is 42.6 Å². The second kappa shape index (κ2) is 6.81. The summed E-state index contributed by atoms with van der Waals surface area (Å²) in [5, 5.41) is 3.67. The number of rotatable bonds is 5. The van der Waals surface area contributed by atoms with Gasteiger partial charge >= 0.3 is 0 Å². The molecule has 0 aliphatic carbocycles. The highest BCUT2D eigenvalue weighted by atomic mass is 16.5. The summed E-state index contributed by atoms with van der Waals surface area (Å²) >= 11 is 0. The number of aromatic nitrogens is 1. The summed E-state index contributed by atoms with van der Waals surface area (Å²) in [4.78, 5) is 23.7. The first-order valence-electron chi connectivity index (χ1n) is 8.01. The number of fused-ring (bicyclic) bond motifs is 1. The second-order valence-electron chi connectivity index (χ2n) is 6.06. The van der Waals surface area contributed by atoms with E-state index in [2.05, 4.69) is 5.32 Å². The largest absolute Gasteiger partial charge is 0.497 e. The zero-order valence-corrected chi connectivity index (χ0v) is 14.5. The van der Waals surface area contributed by atoms with Crippen molar-refractivity contribution in [2.45, 2.75) is 20.4 Å². The van der Waals surface area contributed by atoms with Crippen molar-refractivity contribution in [1.82, 2.24) is 4.57 Å². The molecule has 5 nitrogen and oxygen atoms in total. The van der Waals surface area contributed by atoms with Crippen molar-refractivity contribution < 1.29 is 14.3 Å². The number of aldehydes is 1. The first-order valence-corrected chi connectivity index (χ1v) is 8.01. The molecular weight excluding hydrogens is 316 g/mol. The first kappa shape index (κ1) is 16.8. The molecule has 1 heterocycles. The van der Waals surface area contributed by atoms with E-state index in [4.69, 9.17) is 4.74 Å². The number of aryl methyl sites for hydroxylation is 2. The van der Waals surface area contributed by atoms with Crippen LogP contribution in [0.4, 0.5) is 5.69 Å². The Balaban J connectivity index is 1.85. The van der Waals surface area contributed by atoms with Gasteiger partial charge in [-0.3, -0.25) is 9.59 Å². The maximum Gasteiger partial charge on any atom is 0.244 e. The fourth-order valence-electron chi connectivity index (χ4n) is 2.83. The van der Waals surface area contributed by atoms with Crippen molar-refractivity contribution in [3.63, 3.8) is 0 Å². The molecule has 0 spiro atoms. The van der Waals surface area contributed by atoms with Gasteiger partial charge in [-0.25, -0.2) is 0 Å². The summed E-state index contributed by atoms with van der Waals surface area (Å²) in [6, 6.07) is 11.3. The number of methoxy groups -OCH3 is 1. The quantitative estimate of drug-likeness (QED) is 0.723. The number of carbonyl (C=O) groups excluding carboxylic acids is 2. The van der Waals surface area contributed by atoms with Gasteiger partial charge < -0.3 is 14.6 Å². The van der Waals surface area contributed by atoms with Crippen molar-refractivity contribution in [3.8, 4) is 5.75 Å². The number of nitrogens with zero attached hydrogens (tertiary/aromatic N) is 1. The molecule has 0 radical (unpaired) electrons. The molecule has 0 saturated heterocycles. The van der Waals surface area contributed by atoms with Gasteiger partial charge in [0.1, 0.15) is 12.3 Å². The lowest BCUT2D eigenvalue weighted by molar-refractivity contribution is -0.116. The van der Waals surface area contributed by atoms with Crippen molar-refractivity contribution in [1.29, 1.82) is 0 Å². The van der Waals surface area contributed by atoms with Gasteiger partial charge in [-0.2, -0.15) is 0 Å². The molecule has 2 aromatic carbocycles. The van der Waals surface area contributed by atoms with Gasteiger partial charge in [-0.05, 0) is 55.3 Å². The summed E-state index contributed by atoms with van der Waals surface area (Å²) in [5.74, 6) is 0.529. The molecule has 1 amide bonds. The highest BCUT2D eigenvalue weighted by molar-refractivity contribution is 5.99. The predicted molar refractivity (Wildman–Crippen MR) is 98.4 cm³/mol. The minimum Gasteiger partial charge on any atom is -0.497 e. The van der Waals surface area contributed by atoms with E-state index in [1.807, 2.05) is 44.2 Å². The van der Waals surface area contributed by atoms with Crippen molar-refractivity contribution in [3.05, 3.63) is 59.3 Å². The lowest BCUT2D eigenvalue weighted by Gasteiger charge is -2.09. The van der Waals surface area contributed by atoms with Crippen LogP contribution in [0.5, 0.6) is 5.75 Å². The zero-order chi connectivity index (χ0) is 18.0. The number of ether oxygens (including phenoxy) is 1. The van der Waals surface area contributed by atoms with Gasteiger partial charge in [0.05, 0.1) is 7.11 Å². The van der Waals surface area contributed by atoms with Crippen LogP contribution in [0.3, 0.4) is 0 Å². The van der Waals surface area contributed by atoms with Crippen molar-refractivity contribution in [2.24, 2.45) is 0 Å². The Morgan fingerprint density at radius 2 is 1.96 bits per heavy atom. The summed E-state index contributed by atoms with van der Waals surface area (Å²) < 4.78 is 6.98. The number of hydrogen-bond donors (Lipinski definition) is 1. The standard InChI is InChI=1S/C20H20N2O3/c1-13-4-5-16(8-14(13)2)21-20(24)11-22-10-15(12-23)18-9-17(25-3)6-7-19(18)22/h4-10,12H,11H2,1-3H3,(H,21,24). The Labute approximate surface area is 146 Å². The third-order valence-electron chi connectivity index (χ3n) is 4.35. The van der Waals surface area contributed by atoms with E-state index in [1.165, 1.54) is 5.56 Å². The van der Waals surface area contributed by atoms with Crippen LogP contribution >= 0.6 is 0 Å². The van der Waals surface area contributed by atoms with Crippen LogP contribution in [-0.2, 0) is 11.3 Å². The van der Waals surface area contributed by atoms with Gasteiger partial charge in [-0.1, -0.05) is 6.07 Å². The lowest BCUT2D eigenvalue weighted by atomic mass is 10.1. The van der Waals surface area contributed by atoms with E-state index < -0.39 is 0 Å². The monoisotopic (exact) mass is 336 g/mol. The molecule has 3 aromatic rings. The van der Waals surface area contributed by atoms with Gasteiger partial charge in [0.15, 0.2) is 6.29 Å². The summed E-state index contributed by atoms with van der Waals surface area (Å²) in [6.07, 6.45) is 2.48. The van der Waals surface area contributed by atoms with Crippen LogP contribution in [0.25, 0.3) is 10.9 Å². The Bertz CT molecular complexity index is 957. The highest BCUT2D eigenvalue weighted by Gasteiger charge is 2.12. The second-order valence-corrected chi connectivity index (χ2v) is 6.06. The minimum atomic E-state index is -0.145. The number of nitrogens with one attached hydrogen (secondary N) is 1. The van der Waals surface area contributed by atoms with E-state index in [-0.39, 0.29) is 12.5 Å². The molecule has 5 heteroatoms. The summed E-state index contributed by atoms with van der Waals surface area (Å²) in [6.45, 7) is 4.17. The molecule has 0 bridgehead atoms. The molecule has 1 aromatic heterocycles. The normalized spacial score (nSPS) is 10.7. The smallest absolute Gasteiger partial charge is 0.244 e. The van der Waals surface area contributed by atoms with Gasteiger partial charge in [0.2, 0.25) is 5.91 Å². The van der Waals surface area contributed by atoms with Gasteiger partial charge in [0, 0.05) is 28.4 Å². The SMILES string of the molecule is COc1ccc2c(c1)c(C=O)cn2CC(=O)Nc1ccc(C)c(C)c1. The number of benzene rings is 2. The Morgan fingerprint density at radius 3 is 2.64 bits per heavy atom. The molecule has 0 aliphatic heterocycles. The number of amides is 1. The van der Waals surface area contributed by atoms with Gasteiger partial charge in [0.25, 0.3) is 0 Å². The van der Waals surface area contributed by atoms with Crippen molar-refractivity contribution >= 4 is 28.8 Å². The van der Waals surface area contributed by atoms with Crippen molar-refractivity contribution in [2.75, 3.05) is 12.4 Å². The van der Waals surface area contributed by atoms with Crippen LogP contribution in [0, 0.1) is 13.8 Å². The van der Waals surface area contributed by atoms with E-state index in [0.717, 1.165) is 28.4 Å². The molecule has 0 aliphatic rings. The molecule has 0 fully saturated rings. The molecule has 3 rings (SSSR count). The Morgan fingerprint density at radius 1 is 1.16 bits per heavy atom. The van der Waals surface area contributed by atoms with E-state index in [1.54, 1.807) is 23.9 Å². The molecule has 1 N–H and O–H groups in total. The van der Waals surface area contributed by atoms with Crippen LogP contribution in [-0.4, -0.2) is 23.9 Å². The molecule has 25 heavy (non-hydrogen) atoms. The summed E-state index contributed by atoms with van der Waals surface area (Å²) in [5.41, 5.74) is 4.42. The number of hydrogen-bond acceptors (Lipinski definition) is 3. The average Bonchev–Trinajstić information content (AvgIpc) is 2.95. The molecule has 0 saturated carbocycles. The lowest BCUT2D eigenvalue weighted by Crippen LogP contribution is -2.18. The van der Waals surface area contributed by atoms with E-state index >= 15 is 0 Å². The number of anilines is 1.